The maximum absolute atomic E-state index is 13.0. The monoisotopic (exact) mass is 451 g/mol. The smallest absolute Gasteiger partial charge is 0.406 e. The summed E-state index contributed by atoms with van der Waals surface area (Å²) in [5.41, 5.74) is 1.16. The summed E-state index contributed by atoms with van der Waals surface area (Å²) < 4.78 is 44.6. The first-order valence-corrected chi connectivity index (χ1v) is 10.6. The molecule has 0 saturated heterocycles. The highest BCUT2D eigenvalue weighted by atomic mass is 32.2. The van der Waals surface area contributed by atoms with Crippen molar-refractivity contribution < 1.29 is 17.9 Å². The number of aromatic nitrogens is 2. The van der Waals surface area contributed by atoms with Gasteiger partial charge in [-0.25, -0.2) is 0 Å². The first kappa shape index (κ1) is 20.5. The maximum atomic E-state index is 13.0. The van der Waals surface area contributed by atoms with Crippen molar-refractivity contribution in [2.45, 2.75) is 24.7 Å². The number of fused-ring (bicyclic) bond motifs is 1. The Hall–Kier alpha value is -2.72. The molecule has 30 heavy (non-hydrogen) atoms. The lowest BCUT2D eigenvalue weighted by molar-refractivity contribution is -0.274. The molecular formula is C20H16F3N3O2S2. The third-order valence-corrected chi connectivity index (χ3v) is 6.90. The molecule has 1 aliphatic heterocycles. The quantitative estimate of drug-likeness (QED) is 0.611. The minimum absolute atomic E-state index is 0.140. The lowest BCUT2D eigenvalue weighted by Gasteiger charge is -2.14. The molecule has 4 rings (SSSR count). The number of thioether (sulfide) groups is 1. The third-order valence-electron chi connectivity index (χ3n) is 4.42. The predicted molar refractivity (Wildman–Crippen MR) is 112 cm³/mol. The average Bonchev–Trinajstić information content (AvgIpc) is 3.18. The van der Waals surface area contributed by atoms with Gasteiger partial charge in [0.15, 0.2) is 0 Å². The fraction of sp³-hybridized carbons (Fsp3) is 0.200. The van der Waals surface area contributed by atoms with Gasteiger partial charge in [0.1, 0.15) is 20.0 Å². The Bertz CT molecular complexity index is 1270. The van der Waals surface area contributed by atoms with E-state index < -0.39 is 6.36 Å². The van der Waals surface area contributed by atoms with Crippen LogP contribution in [0.1, 0.15) is 12.6 Å². The molecule has 3 heterocycles. The number of halogens is 3. The van der Waals surface area contributed by atoms with E-state index in [1.54, 1.807) is 28.8 Å². The van der Waals surface area contributed by atoms with Crippen LogP contribution in [0.25, 0.3) is 11.1 Å². The molecule has 156 valence electrons. The molecule has 0 amide bonds. The highest BCUT2D eigenvalue weighted by Crippen LogP contribution is 2.47. The summed E-state index contributed by atoms with van der Waals surface area (Å²) in [6.45, 7) is 2.38. The van der Waals surface area contributed by atoms with E-state index in [4.69, 9.17) is 0 Å². The first-order valence-electron chi connectivity index (χ1n) is 8.95. The Morgan fingerprint density at radius 3 is 2.70 bits per heavy atom. The molecule has 3 aromatic rings. The Morgan fingerprint density at radius 2 is 2.03 bits per heavy atom. The van der Waals surface area contributed by atoms with Crippen molar-refractivity contribution in [3.8, 4) is 5.75 Å². The number of alkyl halides is 3. The van der Waals surface area contributed by atoms with Crippen molar-refractivity contribution in [1.82, 2.24) is 9.55 Å². The summed E-state index contributed by atoms with van der Waals surface area (Å²) >= 11 is 2.69. The standard InChI is InChI=1S/C20H16F3N3O2S2/c1-3-26-16(10-12-6-4-5-9-24-12)30-17(18(26)27)19-25(2)14-11-13(28-20(21,22)23)7-8-15(14)29-19/h4-11H,3H2,1-2H3. The number of rotatable bonds is 3. The lowest BCUT2D eigenvalue weighted by atomic mass is 10.3. The normalized spacial score (nSPS) is 16.2. The van der Waals surface area contributed by atoms with E-state index >= 15 is 0 Å². The van der Waals surface area contributed by atoms with Crippen LogP contribution in [0.15, 0.2) is 52.3 Å². The third kappa shape index (κ3) is 3.97. The van der Waals surface area contributed by atoms with Crippen LogP contribution < -0.4 is 24.4 Å². The van der Waals surface area contributed by atoms with Gasteiger partial charge in [0.2, 0.25) is 0 Å². The number of thiazole rings is 1. The predicted octanol–water partition coefficient (Wildman–Crippen LogP) is 3.36. The zero-order valence-corrected chi connectivity index (χ0v) is 17.6. The second kappa shape index (κ2) is 7.84. The van der Waals surface area contributed by atoms with E-state index in [1.807, 2.05) is 31.2 Å². The molecule has 0 N–H and O–H groups in total. The number of anilines is 1. The molecule has 1 aromatic carbocycles. The molecule has 0 spiro atoms. The van der Waals surface area contributed by atoms with Crippen molar-refractivity contribution in [2.75, 3.05) is 11.9 Å². The summed E-state index contributed by atoms with van der Waals surface area (Å²) in [5.74, 6) is -0.295. The van der Waals surface area contributed by atoms with E-state index in [0.29, 0.717) is 21.8 Å². The van der Waals surface area contributed by atoms with E-state index in [9.17, 15) is 18.0 Å². The van der Waals surface area contributed by atoms with Crippen molar-refractivity contribution in [1.29, 1.82) is 0 Å². The molecule has 0 atom stereocenters. The molecule has 0 bridgehead atoms. The summed E-state index contributed by atoms with van der Waals surface area (Å²) in [6, 6.07) is 9.71. The van der Waals surface area contributed by atoms with Crippen LogP contribution >= 0.6 is 23.1 Å². The van der Waals surface area contributed by atoms with E-state index in [-0.39, 0.29) is 11.3 Å². The molecule has 5 nitrogen and oxygen atoms in total. The van der Waals surface area contributed by atoms with Gasteiger partial charge in [-0.3, -0.25) is 14.3 Å². The van der Waals surface area contributed by atoms with Gasteiger partial charge in [-0.2, -0.15) is 0 Å². The molecule has 0 saturated carbocycles. The molecule has 10 heteroatoms. The van der Waals surface area contributed by atoms with Crippen LogP contribution in [0.4, 0.5) is 18.9 Å². The Morgan fingerprint density at radius 1 is 1.23 bits per heavy atom. The molecule has 0 radical (unpaired) electrons. The fourth-order valence-electron chi connectivity index (χ4n) is 3.08. The second-order valence-electron chi connectivity index (χ2n) is 6.36. The highest BCUT2D eigenvalue weighted by molar-refractivity contribution is 8.08. The molecular weight excluding hydrogens is 435 g/mol. The second-order valence-corrected chi connectivity index (χ2v) is 8.42. The number of pyridine rings is 1. The molecule has 1 aliphatic rings. The molecule has 2 aromatic heterocycles. The minimum Gasteiger partial charge on any atom is -0.406 e. The van der Waals surface area contributed by atoms with Gasteiger partial charge in [0.05, 0.1) is 11.4 Å². The SMILES string of the molecule is CCn1c(=Cc2ccccn2)sc(=C2Sc3ccc(OC(F)(F)F)cc3N2C)c1=O. The van der Waals surface area contributed by atoms with Crippen LogP contribution in [-0.2, 0) is 6.54 Å². The van der Waals surface area contributed by atoms with Crippen molar-refractivity contribution in [3.63, 3.8) is 0 Å². The zero-order valence-electron chi connectivity index (χ0n) is 15.9. The Labute approximate surface area is 177 Å². The first-order chi connectivity index (χ1) is 14.3. The largest absolute Gasteiger partial charge is 0.573 e. The summed E-state index contributed by atoms with van der Waals surface area (Å²) in [7, 11) is 1.73. The lowest BCUT2D eigenvalue weighted by Crippen LogP contribution is -2.33. The van der Waals surface area contributed by atoms with Gasteiger partial charge in [-0.05, 0) is 37.3 Å². The highest BCUT2D eigenvalue weighted by Gasteiger charge is 2.32. The van der Waals surface area contributed by atoms with Crippen LogP contribution in [0.2, 0.25) is 0 Å². The van der Waals surface area contributed by atoms with Crippen LogP contribution in [0.3, 0.4) is 0 Å². The number of hydrogen-bond acceptors (Lipinski definition) is 6. The molecule has 0 aliphatic carbocycles. The number of hydrogen-bond donors (Lipinski definition) is 0. The van der Waals surface area contributed by atoms with Crippen molar-refractivity contribution in [3.05, 3.63) is 67.8 Å². The number of benzene rings is 1. The van der Waals surface area contributed by atoms with Gasteiger partial charge in [0, 0.05) is 30.8 Å². The fourth-order valence-corrected chi connectivity index (χ4v) is 5.52. The molecule has 0 unspecified atom stereocenters. The van der Waals surface area contributed by atoms with Gasteiger partial charge < -0.3 is 9.64 Å². The number of nitrogens with zero attached hydrogens (tertiary/aromatic N) is 3. The van der Waals surface area contributed by atoms with Crippen LogP contribution in [0.5, 0.6) is 5.75 Å². The van der Waals surface area contributed by atoms with Gasteiger partial charge in [-0.1, -0.05) is 17.8 Å². The average molecular weight is 451 g/mol. The summed E-state index contributed by atoms with van der Waals surface area (Å²) in [6.07, 6.45) is -1.23. The van der Waals surface area contributed by atoms with Crippen LogP contribution in [-0.4, -0.2) is 23.0 Å². The Balaban J connectivity index is 1.82. The van der Waals surface area contributed by atoms with Gasteiger partial charge >= 0.3 is 6.36 Å². The Kier molecular flexibility index (Phi) is 5.37. The van der Waals surface area contributed by atoms with Crippen molar-refractivity contribution in [2.24, 2.45) is 0 Å². The van der Waals surface area contributed by atoms with Crippen LogP contribution in [0, 0.1) is 0 Å². The van der Waals surface area contributed by atoms with Crippen molar-refractivity contribution >= 4 is 39.9 Å². The number of ether oxygens (including phenoxy) is 1. The maximum Gasteiger partial charge on any atom is 0.573 e. The topological polar surface area (TPSA) is 47.4 Å². The summed E-state index contributed by atoms with van der Waals surface area (Å²) in [5, 5.41) is 0.673. The van der Waals surface area contributed by atoms with E-state index in [1.165, 1.54) is 35.2 Å². The minimum atomic E-state index is -4.76. The van der Waals surface area contributed by atoms with E-state index in [0.717, 1.165) is 15.3 Å². The van der Waals surface area contributed by atoms with Gasteiger partial charge in [0.25, 0.3) is 5.56 Å². The summed E-state index contributed by atoms with van der Waals surface area (Å²) in [4.78, 5) is 19.8. The van der Waals surface area contributed by atoms with E-state index in [2.05, 4.69) is 9.72 Å². The molecule has 0 fully saturated rings. The van der Waals surface area contributed by atoms with Gasteiger partial charge in [-0.15, -0.1) is 24.5 Å². The zero-order chi connectivity index (χ0) is 21.5.